The molecular formula is C20H30N4. The van der Waals surface area contributed by atoms with Crippen LogP contribution in [0.3, 0.4) is 0 Å². The molecule has 2 aliphatic rings. The van der Waals surface area contributed by atoms with Gasteiger partial charge in [-0.05, 0) is 38.7 Å². The third-order valence-electron chi connectivity index (χ3n) is 5.80. The van der Waals surface area contributed by atoms with E-state index in [4.69, 9.17) is 0 Å². The fraction of sp³-hybridized carbons (Fsp3) is 0.600. The van der Waals surface area contributed by atoms with E-state index < -0.39 is 0 Å². The SMILES string of the molecule is CN1CCN(CCCn2c3c(c4ccccc42)CN(C)CC3)CC1. The standard InChI is InChI=1S/C20H30N4/c1-21-12-14-23(15-13-21)9-5-10-24-19-7-4-3-6-17(19)18-16-22(2)11-8-20(18)24/h3-4,6-7H,5,8-16H2,1-2H3. The predicted molar refractivity (Wildman–Crippen MR) is 101 cm³/mol. The van der Waals surface area contributed by atoms with Crippen molar-refractivity contribution >= 4 is 10.9 Å². The van der Waals surface area contributed by atoms with Crippen LogP contribution < -0.4 is 0 Å². The van der Waals surface area contributed by atoms with Gasteiger partial charge in [0, 0.05) is 68.8 Å². The Hall–Kier alpha value is -1.36. The molecule has 1 aromatic carbocycles. The number of piperazine rings is 1. The van der Waals surface area contributed by atoms with E-state index in [-0.39, 0.29) is 0 Å². The van der Waals surface area contributed by atoms with Crippen molar-refractivity contribution in [2.24, 2.45) is 0 Å². The summed E-state index contributed by atoms with van der Waals surface area (Å²) in [7, 11) is 4.47. The van der Waals surface area contributed by atoms with Crippen LogP contribution in [-0.4, -0.2) is 72.6 Å². The normalized spacial score (nSPS) is 20.6. The summed E-state index contributed by atoms with van der Waals surface area (Å²) in [5, 5.41) is 1.47. The van der Waals surface area contributed by atoms with Crippen LogP contribution >= 0.6 is 0 Å². The van der Waals surface area contributed by atoms with E-state index >= 15 is 0 Å². The van der Waals surface area contributed by atoms with Crippen molar-refractivity contribution in [2.45, 2.75) is 25.9 Å². The lowest BCUT2D eigenvalue weighted by Gasteiger charge is -2.32. The van der Waals surface area contributed by atoms with Gasteiger partial charge in [0.1, 0.15) is 0 Å². The largest absolute Gasteiger partial charge is 0.344 e. The molecule has 0 unspecified atom stereocenters. The summed E-state index contributed by atoms with van der Waals surface area (Å²) in [5.74, 6) is 0. The molecular weight excluding hydrogens is 296 g/mol. The van der Waals surface area contributed by atoms with Gasteiger partial charge in [0.2, 0.25) is 0 Å². The summed E-state index contributed by atoms with van der Waals surface area (Å²) in [6.45, 7) is 9.56. The highest BCUT2D eigenvalue weighted by atomic mass is 15.2. The van der Waals surface area contributed by atoms with Gasteiger partial charge in [-0.1, -0.05) is 18.2 Å². The number of fused-ring (bicyclic) bond motifs is 3. The quantitative estimate of drug-likeness (QED) is 0.857. The molecule has 2 aliphatic heterocycles. The Bertz CT molecular complexity index is 697. The smallest absolute Gasteiger partial charge is 0.0485 e. The van der Waals surface area contributed by atoms with Crippen LogP contribution in [0.1, 0.15) is 17.7 Å². The van der Waals surface area contributed by atoms with Crippen molar-refractivity contribution < 1.29 is 0 Å². The van der Waals surface area contributed by atoms with Crippen LogP contribution in [0.4, 0.5) is 0 Å². The lowest BCUT2D eigenvalue weighted by molar-refractivity contribution is 0.151. The second-order valence-corrected chi connectivity index (χ2v) is 7.58. The molecule has 0 bridgehead atoms. The monoisotopic (exact) mass is 326 g/mol. The number of para-hydroxylation sites is 1. The van der Waals surface area contributed by atoms with E-state index in [9.17, 15) is 0 Å². The Morgan fingerprint density at radius 1 is 0.875 bits per heavy atom. The molecule has 0 spiro atoms. The van der Waals surface area contributed by atoms with Crippen molar-refractivity contribution in [3.8, 4) is 0 Å². The van der Waals surface area contributed by atoms with Crippen molar-refractivity contribution in [1.82, 2.24) is 19.3 Å². The highest BCUT2D eigenvalue weighted by molar-refractivity contribution is 5.85. The van der Waals surface area contributed by atoms with E-state index in [1.807, 2.05) is 0 Å². The topological polar surface area (TPSA) is 14.7 Å². The lowest BCUT2D eigenvalue weighted by Crippen LogP contribution is -2.44. The van der Waals surface area contributed by atoms with Gasteiger partial charge in [-0.3, -0.25) is 0 Å². The van der Waals surface area contributed by atoms with Crippen LogP contribution in [0, 0.1) is 0 Å². The van der Waals surface area contributed by atoms with Gasteiger partial charge in [-0.2, -0.15) is 0 Å². The third-order valence-corrected chi connectivity index (χ3v) is 5.80. The molecule has 4 heteroatoms. The van der Waals surface area contributed by atoms with Gasteiger partial charge in [-0.15, -0.1) is 0 Å². The Morgan fingerprint density at radius 3 is 2.50 bits per heavy atom. The first kappa shape index (κ1) is 16.1. The molecule has 4 nitrogen and oxygen atoms in total. The molecule has 0 amide bonds. The van der Waals surface area contributed by atoms with E-state index in [0.717, 1.165) is 13.1 Å². The first-order valence-electron chi connectivity index (χ1n) is 9.41. The predicted octanol–water partition coefficient (Wildman–Crippen LogP) is 2.27. The number of hydrogen-bond donors (Lipinski definition) is 0. The maximum Gasteiger partial charge on any atom is 0.0485 e. The van der Waals surface area contributed by atoms with Crippen molar-refractivity contribution in [1.29, 1.82) is 0 Å². The molecule has 1 fully saturated rings. The number of hydrogen-bond acceptors (Lipinski definition) is 3. The van der Waals surface area contributed by atoms with Gasteiger partial charge < -0.3 is 19.3 Å². The number of rotatable bonds is 4. The maximum absolute atomic E-state index is 2.63. The second-order valence-electron chi connectivity index (χ2n) is 7.58. The summed E-state index contributed by atoms with van der Waals surface area (Å²) in [5.41, 5.74) is 4.60. The zero-order valence-electron chi connectivity index (χ0n) is 15.2. The molecule has 3 heterocycles. The Labute approximate surface area is 145 Å². The first-order valence-corrected chi connectivity index (χ1v) is 9.41. The molecule has 0 N–H and O–H groups in total. The zero-order chi connectivity index (χ0) is 16.5. The van der Waals surface area contributed by atoms with E-state index in [1.165, 1.54) is 63.0 Å². The number of aryl methyl sites for hydroxylation is 1. The molecule has 4 rings (SSSR count). The van der Waals surface area contributed by atoms with E-state index in [0.29, 0.717) is 0 Å². The Balaban J connectivity index is 1.50. The molecule has 1 aromatic heterocycles. The van der Waals surface area contributed by atoms with Crippen LogP contribution in [-0.2, 0) is 19.5 Å². The first-order chi connectivity index (χ1) is 11.7. The van der Waals surface area contributed by atoms with Crippen molar-refractivity contribution in [3.05, 3.63) is 35.5 Å². The molecule has 0 saturated carbocycles. The van der Waals surface area contributed by atoms with Gasteiger partial charge in [0.05, 0.1) is 0 Å². The molecule has 1 saturated heterocycles. The molecule has 0 atom stereocenters. The summed E-state index contributed by atoms with van der Waals surface area (Å²) in [4.78, 5) is 7.51. The summed E-state index contributed by atoms with van der Waals surface area (Å²) >= 11 is 0. The van der Waals surface area contributed by atoms with Gasteiger partial charge in [-0.25, -0.2) is 0 Å². The van der Waals surface area contributed by atoms with Crippen LogP contribution in [0.15, 0.2) is 24.3 Å². The molecule has 0 radical (unpaired) electrons. The lowest BCUT2D eigenvalue weighted by atomic mass is 10.1. The third kappa shape index (κ3) is 3.10. The average Bonchev–Trinajstić information content (AvgIpc) is 2.90. The number of benzene rings is 1. The van der Waals surface area contributed by atoms with Crippen LogP contribution in [0.5, 0.6) is 0 Å². The second kappa shape index (κ2) is 6.87. The highest BCUT2D eigenvalue weighted by Crippen LogP contribution is 2.30. The maximum atomic E-state index is 2.63. The van der Waals surface area contributed by atoms with Crippen molar-refractivity contribution in [2.75, 3.05) is 53.4 Å². The minimum Gasteiger partial charge on any atom is -0.344 e. The van der Waals surface area contributed by atoms with Gasteiger partial charge in [0.25, 0.3) is 0 Å². The van der Waals surface area contributed by atoms with Crippen LogP contribution in [0.2, 0.25) is 0 Å². The minimum absolute atomic E-state index is 1.10. The Morgan fingerprint density at radius 2 is 1.67 bits per heavy atom. The summed E-state index contributed by atoms with van der Waals surface area (Å²) in [6.07, 6.45) is 2.44. The molecule has 24 heavy (non-hydrogen) atoms. The fourth-order valence-corrected chi connectivity index (χ4v) is 4.32. The summed E-state index contributed by atoms with van der Waals surface area (Å²) < 4.78 is 2.62. The molecule has 0 aliphatic carbocycles. The minimum atomic E-state index is 1.10. The number of likely N-dealkylation sites (N-methyl/N-ethyl adjacent to an activating group) is 2. The summed E-state index contributed by atoms with van der Waals surface area (Å²) in [6, 6.07) is 8.99. The fourth-order valence-electron chi connectivity index (χ4n) is 4.32. The molecule has 2 aromatic rings. The zero-order valence-corrected chi connectivity index (χ0v) is 15.2. The van der Waals surface area contributed by atoms with Gasteiger partial charge >= 0.3 is 0 Å². The van der Waals surface area contributed by atoms with E-state index in [1.54, 1.807) is 11.3 Å². The number of nitrogens with zero attached hydrogens (tertiary/aromatic N) is 4. The highest BCUT2D eigenvalue weighted by Gasteiger charge is 2.22. The van der Waals surface area contributed by atoms with E-state index in [2.05, 4.69) is 57.6 Å². The van der Waals surface area contributed by atoms with Gasteiger partial charge in [0.15, 0.2) is 0 Å². The number of aromatic nitrogens is 1. The Kier molecular flexibility index (Phi) is 4.61. The van der Waals surface area contributed by atoms with Crippen molar-refractivity contribution in [3.63, 3.8) is 0 Å². The average molecular weight is 326 g/mol. The molecule has 130 valence electrons. The van der Waals surface area contributed by atoms with Crippen LogP contribution in [0.25, 0.3) is 10.9 Å².